The monoisotopic (exact) mass is 472 g/mol. The molecule has 0 radical (unpaired) electrons. The molecular weight excluding hydrogens is 444 g/mol. The zero-order valence-electron chi connectivity index (χ0n) is 19.0. The van der Waals surface area contributed by atoms with Gasteiger partial charge in [-0.05, 0) is 53.9 Å². The van der Waals surface area contributed by atoms with Crippen molar-refractivity contribution < 1.29 is 4.79 Å². The smallest absolute Gasteiger partial charge is 0.317 e. The molecule has 0 unspecified atom stereocenters. The van der Waals surface area contributed by atoms with E-state index in [-0.39, 0.29) is 12.1 Å². The van der Waals surface area contributed by atoms with Crippen molar-refractivity contribution in [1.29, 1.82) is 0 Å². The average Bonchev–Trinajstić information content (AvgIpc) is 3.49. The van der Waals surface area contributed by atoms with Crippen LogP contribution in [0.2, 0.25) is 0 Å². The highest BCUT2D eigenvalue weighted by atomic mass is 32.1. The second kappa shape index (κ2) is 9.19. The minimum Gasteiger partial charge on any atom is -0.334 e. The Morgan fingerprint density at radius 3 is 2.97 bits per heavy atom. The van der Waals surface area contributed by atoms with Crippen molar-refractivity contribution in [3.05, 3.63) is 71.0 Å². The summed E-state index contributed by atoms with van der Waals surface area (Å²) in [5, 5.41) is 14.7. The number of carbonyl (C=O) groups is 1. The number of fused-ring (bicyclic) bond motifs is 2. The van der Waals surface area contributed by atoms with Gasteiger partial charge in [0.1, 0.15) is 0 Å². The van der Waals surface area contributed by atoms with Crippen LogP contribution in [0, 0.1) is 0 Å². The number of pyridine rings is 1. The van der Waals surface area contributed by atoms with Gasteiger partial charge in [-0.2, -0.15) is 5.10 Å². The fourth-order valence-electron chi connectivity index (χ4n) is 5.20. The number of benzene rings is 1. The maximum atomic E-state index is 13.2. The number of nitrogens with one attached hydrogen (secondary N) is 2. The predicted molar refractivity (Wildman–Crippen MR) is 135 cm³/mol. The zero-order valence-corrected chi connectivity index (χ0v) is 19.9. The van der Waals surface area contributed by atoms with Crippen LogP contribution in [0.3, 0.4) is 0 Å². The minimum atomic E-state index is 0.0281. The molecule has 2 amide bonds. The molecule has 6 rings (SSSR count). The number of aromatic nitrogens is 3. The van der Waals surface area contributed by atoms with Crippen molar-refractivity contribution in [2.45, 2.75) is 38.4 Å². The third-order valence-electron chi connectivity index (χ3n) is 6.96. The lowest BCUT2D eigenvalue weighted by Crippen LogP contribution is -2.52. The van der Waals surface area contributed by atoms with Gasteiger partial charge < -0.3 is 10.2 Å². The standard InChI is InChI=1S/C26H28N6OS/c33-26(32-13-9-23-22(16-32)25(30-29-23)18-7-10-27-11-8-18)28-20-4-3-12-31(15-20)14-19-17-34-24-6-2-1-5-21(19)24/h1-2,5-8,10-11,17,20H,3-4,9,12-16H2,(H,28,33)(H,29,30)/t20-/m1/s1. The van der Waals surface area contributed by atoms with Crippen molar-refractivity contribution in [1.82, 2.24) is 30.3 Å². The molecular formula is C26H28N6OS. The molecule has 2 N–H and O–H groups in total. The summed E-state index contributed by atoms with van der Waals surface area (Å²) in [7, 11) is 0. The first kappa shape index (κ1) is 21.3. The first-order chi connectivity index (χ1) is 16.7. The van der Waals surface area contributed by atoms with Crippen LogP contribution in [-0.2, 0) is 19.5 Å². The molecule has 2 aliphatic heterocycles. The molecule has 8 heteroatoms. The van der Waals surface area contributed by atoms with E-state index < -0.39 is 0 Å². The number of nitrogens with zero attached hydrogens (tertiary/aromatic N) is 4. The molecule has 5 heterocycles. The van der Waals surface area contributed by atoms with E-state index in [9.17, 15) is 4.79 Å². The molecule has 2 aliphatic rings. The van der Waals surface area contributed by atoms with Crippen molar-refractivity contribution in [2.75, 3.05) is 19.6 Å². The molecule has 4 aromatic rings. The number of urea groups is 1. The highest BCUT2D eigenvalue weighted by Gasteiger charge is 2.28. The summed E-state index contributed by atoms with van der Waals surface area (Å²) in [6, 6.07) is 12.7. The molecule has 34 heavy (non-hydrogen) atoms. The van der Waals surface area contributed by atoms with E-state index in [2.05, 4.69) is 55.0 Å². The summed E-state index contributed by atoms with van der Waals surface area (Å²) in [5.74, 6) is 0. The Bertz CT molecular complexity index is 1300. The Morgan fingerprint density at radius 1 is 1.18 bits per heavy atom. The van der Waals surface area contributed by atoms with E-state index in [1.54, 1.807) is 12.4 Å². The molecule has 3 aromatic heterocycles. The average molecular weight is 473 g/mol. The molecule has 0 saturated carbocycles. The zero-order chi connectivity index (χ0) is 22.9. The third kappa shape index (κ3) is 4.19. The Labute approximate surface area is 202 Å². The van der Waals surface area contributed by atoms with E-state index in [0.717, 1.165) is 61.4 Å². The Kier molecular flexibility index (Phi) is 5.76. The van der Waals surface area contributed by atoms with Gasteiger partial charge in [-0.25, -0.2) is 4.79 Å². The van der Waals surface area contributed by atoms with E-state index in [0.29, 0.717) is 13.1 Å². The molecule has 1 atom stereocenters. The van der Waals surface area contributed by atoms with Gasteiger partial charge in [0, 0.05) is 66.0 Å². The topological polar surface area (TPSA) is 77.2 Å². The molecule has 174 valence electrons. The second-order valence-electron chi connectivity index (χ2n) is 9.22. The first-order valence-corrected chi connectivity index (χ1v) is 12.8. The van der Waals surface area contributed by atoms with Crippen LogP contribution in [0.1, 0.15) is 29.7 Å². The van der Waals surface area contributed by atoms with Crippen LogP contribution in [0.15, 0.2) is 54.2 Å². The number of thiophene rings is 1. The largest absolute Gasteiger partial charge is 0.334 e. The van der Waals surface area contributed by atoms with Crippen molar-refractivity contribution >= 4 is 27.5 Å². The van der Waals surface area contributed by atoms with Gasteiger partial charge in [0.05, 0.1) is 12.2 Å². The lowest BCUT2D eigenvalue weighted by Gasteiger charge is -2.35. The van der Waals surface area contributed by atoms with Crippen LogP contribution in [-0.4, -0.2) is 56.7 Å². The number of aromatic amines is 1. The SMILES string of the molecule is O=C(N[C@@H]1CCCN(Cc2csc3ccccc23)C1)N1CCc2[nH]nc(-c3ccncc3)c2C1. The van der Waals surface area contributed by atoms with E-state index >= 15 is 0 Å². The number of carbonyl (C=O) groups excluding carboxylic acids is 1. The summed E-state index contributed by atoms with van der Waals surface area (Å²) in [6.07, 6.45) is 6.47. The lowest BCUT2D eigenvalue weighted by atomic mass is 10.0. The van der Waals surface area contributed by atoms with Crippen molar-refractivity contribution in [3.8, 4) is 11.3 Å². The Balaban J connectivity index is 1.10. The highest BCUT2D eigenvalue weighted by molar-refractivity contribution is 7.17. The number of likely N-dealkylation sites (tertiary alicyclic amines) is 1. The summed E-state index contributed by atoms with van der Waals surface area (Å²) in [5.41, 5.74) is 5.57. The fraction of sp³-hybridized carbons (Fsp3) is 0.346. The number of hydrogen-bond acceptors (Lipinski definition) is 5. The predicted octanol–water partition coefficient (Wildman–Crippen LogP) is 4.42. The lowest BCUT2D eigenvalue weighted by molar-refractivity contribution is 0.160. The Morgan fingerprint density at radius 2 is 2.06 bits per heavy atom. The van der Waals surface area contributed by atoms with Crippen molar-refractivity contribution in [3.63, 3.8) is 0 Å². The number of amides is 2. The summed E-state index contributed by atoms with van der Waals surface area (Å²) in [6.45, 7) is 4.19. The molecule has 0 aliphatic carbocycles. The van der Waals surface area contributed by atoms with Crippen molar-refractivity contribution in [2.24, 2.45) is 0 Å². The fourth-order valence-corrected chi connectivity index (χ4v) is 6.15. The molecule has 0 bridgehead atoms. The van der Waals surface area contributed by atoms with Crippen LogP contribution >= 0.6 is 11.3 Å². The first-order valence-electron chi connectivity index (χ1n) is 11.9. The molecule has 1 aromatic carbocycles. The quantitative estimate of drug-likeness (QED) is 0.461. The normalized spacial score (nSPS) is 18.7. The number of hydrogen-bond donors (Lipinski definition) is 2. The molecule has 7 nitrogen and oxygen atoms in total. The van der Waals surface area contributed by atoms with Gasteiger partial charge >= 0.3 is 6.03 Å². The van der Waals surface area contributed by atoms with Crippen LogP contribution < -0.4 is 5.32 Å². The third-order valence-corrected chi connectivity index (χ3v) is 7.97. The van der Waals surface area contributed by atoms with E-state index in [4.69, 9.17) is 0 Å². The van der Waals surface area contributed by atoms with Crippen LogP contribution in [0.4, 0.5) is 4.79 Å². The maximum Gasteiger partial charge on any atom is 0.317 e. The molecule has 0 spiro atoms. The van der Waals surface area contributed by atoms with Crippen LogP contribution in [0.5, 0.6) is 0 Å². The second-order valence-corrected chi connectivity index (χ2v) is 10.1. The number of piperidine rings is 1. The molecule has 1 saturated heterocycles. The van der Waals surface area contributed by atoms with Gasteiger partial charge in [-0.1, -0.05) is 18.2 Å². The number of H-pyrrole nitrogens is 1. The van der Waals surface area contributed by atoms with E-state index in [1.165, 1.54) is 15.6 Å². The molecule has 1 fully saturated rings. The van der Waals surface area contributed by atoms with Gasteiger partial charge in [0.25, 0.3) is 0 Å². The van der Waals surface area contributed by atoms with Crippen LogP contribution in [0.25, 0.3) is 21.3 Å². The van der Waals surface area contributed by atoms with E-state index in [1.807, 2.05) is 28.4 Å². The maximum absolute atomic E-state index is 13.2. The van der Waals surface area contributed by atoms with Gasteiger partial charge in [0.15, 0.2) is 0 Å². The van der Waals surface area contributed by atoms with Gasteiger partial charge in [-0.15, -0.1) is 11.3 Å². The summed E-state index contributed by atoms with van der Waals surface area (Å²) >= 11 is 1.81. The van der Waals surface area contributed by atoms with Gasteiger partial charge in [0.2, 0.25) is 0 Å². The highest BCUT2D eigenvalue weighted by Crippen LogP contribution is 2.29. The Hall–Kier alpha value is -3.23. The van der Waals surface area contributed by atoms with Gasteiger partial charge in [-0.3, -0.25) is 15.0 Å². The summed E-state index contributed by atoms with van der Waals surface area (Å²) in [4.78, 5) is 21.7. The minimum absolute atomic E-state index is 0.0281. The number of rotatable bonds is 4. The summed E-state index contributed by atoms with van der Waals surface area (Å²) < 4.78 is 1.34.